The van der Waals surface area contributed by atoms with Crippen molar-refractivity contribution in [1.29, 1.82) is 0 Å². The molecule has 1 aromatic rings. The zero-order valence-electron chi connectivity index (χ0n) is 11.3. The highest BCUT2D eigenvalue weighted by molar-refractivity contribution is 5.37. The van der Waals surface area contributed by atoms with Gasteiger partial charge in [0.15, 0.2) is 0 Å². The van der Waals surface area contributed by atoms with Crippen molar-refractivity contribution >= 4 is 0 Å². The Kier molecular flexibility index (Phi) is 3.85. The Balaban J connectivity index is 2.20. The molecule has 0 aliphatic heterocycles. The molecule has 2 nitrogen and oxygen atoms in total. The Bertz CT molecular complexity index is 371. The van der Waals surface area contributed by atoms with Gasteiger partial charge in [0.25, 0.3) is 0 Å². The maximum absolute atomic E-state index is 3.69. The molecular formula is C15H24N2. The Hall–Kier alpha value is -0.860. The molecule has 0 bridgehead atoms. The molecular weight excluding hydrogens is 208 g/mol. The van der Waals surface area contributed by atoms with E-state index in [0.717, 1.165) is 6.42 Å². The summed E-state index contributed by atoms with van der Waals surface area (Å²) in [5.41, 5.74) is 2.96. The molecule has 1 aromatic carbocycles. The van der Waals surface area contributed by atoms with Crippen molar-refractivity contribution < 1.29 is 0 Å². The van der Waals surface area contributed by atoms with Crippen molar-refractivity contribution in [1.82, 2.24) is 10.6 Å². The van der Waals surface area contributed by atoms with Crippen LogP contribution < -0.4 is 10.6 Å². The third kappa shape index (κ3) is 2.88. The molecule has 0 spiro atoms. The lowest BCUT2D eigenvalue weighted by Crippen LogP contribution is -2.44. The van der Waals surface area contributed by atoms with E-state index in [2.05, 4.69) is 62.6 Å². The fourth-order valence-electron chi connectivity index (χ4n) is 2.74. The average Bonchev–Trinajstić information content (AvgIpc) is 2.55. The summed E-state index contributed by atoms with van der Waals surface area (Å²) < 4.78 is 0. The second-order valence-corrected chi connectivity index (χ2v) is 5.63. The number of nitrogens with one attached hydrogen (secondary N) is 2. The van der Waals surface area contributed by atoms with E-state index in [1.54, 1.807) is 0 Å². The van der Waals surface area contributed by atoms with Crippen LogP contribution in [0.2, 0.25) is 0 Å². The van der Waals surface area contributed by atoms with Crippen LogP contribution in [0.15, 0.2) is 24.3 Å². The van der Waals surface area contributed by atoms with Crippen molar-refractivity contribution in [3.8, 4) is 0 Å². The minimum Gasteiger partial charge on any atom is -0.310 e. The van der Waals surface area contributed by atoms with Gasteiger partial charge in [-0.2, -0.15) is 0 Å². The molecule has 1 aliphatic rings. The fraction of sp³-hybridized carbons (Fsp3) is 0.600. The predicted molar refractivity (Wildman–Crippen MR) is 73.2 cm³/mol. The van der Waals surface area contributed by atoms with E-state index in [-0.39, 0.29) is 0 Å². The maximum atomic E-state index is 3.69. The average molecular weight is 232 g/mol. The summed E-state index contributed by atoms with van der Waals surface area (Å²) in [7, 11) is 0. The summed E-state index contributed by atoms with van der Waals surface area (Å²) >= 11 is 0. The van der Waals surface area contributed by atoms with Gasteiger partial charge in [0.2, 0.25) is 0 Å². The molecule has 0 fully saturated rings. The van der Waals surface area contributed by atoms with E-state index in [1.165, 1.54) is 11.1 Å². The molecule has 1 aliphatic carbocycles. The summed E-state index contributed by atoms with van der Waals surface area (Å²) in [5, 5.41) is 7.37. The first kappa shape index (κ1) is 12.6. The van der Waals surface area contributed by atoms with Gasteiger partial charge in [-0.3, -0.25) is 0 Å². The van der Waals surface area contributed by atoms with Crippen LogP contribution in [0.3, 0.4) is 0 Å². The lowest BCUT2D eigenvalue weighted by molar-refractivity contribution is 0.356. The van der Waals surface area contributed by atoms with Gasteiger partial charge in [0.1, 0.15) is 0 Å². The molecule has 0 heterocycles. The molecule has 0 radical (unpaired) electrons. The van der Waals surface area contributed by atoms with Crippen LogP contribution in [-0.4, -0.2) is 18.1 Å². The maximum Gasteiger partial charge on any atom is 0.0483 e. The Morgan fingerprint density at radius 3 is 2.29 bits per heavy atom. The fourth-order valence-corrected chi connectivity index (χ4v) is 2.74. The third-order valence-corrected chi connectivity index (χ3v) is 3.29. The van der Waals surface area contributed by atoms with Crippen LogP contribution in [0.1, 0.15) is 44.9 Å². The van der Waals surface area contributed by atoms with Gasteiger partial charge < -0.3 is 10.6 Å². The standard InChI is InChI=1S/C15H24N2/c1-10(2)16-14-9-12-7-5-6-8-13(12)15(14)17-11(3)4/h5-8,10-11,14-17H,9H2,1-4H3/t14-,15+/m1/s1. The molecule has 2 N–H and O–H groups in total. The van der Waals surface area contributed by atoms with Crippen LogP contribution in [0.25, 0.3) is 0 Å². The zero-order valence-corrected chi connectivity index (χ0v) is 11.3. The molecule has 0 saturated carbocycles. The van der Waals surface area contributed by atoms with E-state index in [0.29, 0.717) is 24.2 Å². The van der Waals surface area contributed by atoms with E-state index in [9.17, 15) is 0 Å². The first-order valence-corrected chi connectivity index (χ1v) is 6.68. The SMILES string of the molecule is CC(C)N[C@@H]1Cc2ccccc2[C@@H]1NC(C)C. The quantitative estimate of drug-likeness (QED) is 0.834. The molecule has 0 saturated heterocycles. The predicted octanol–water partition coefficient (Wildman–Crippen LogP) is 2.65. The minimum absolute atomic E-state index is 0.452. The Morgan fingerprint density at radius 2 is 1.65 bits per heavy atom. The van der Waals surface area contributed by atoms with Gasteiger partial charge in [-0.15, -0.1) is 0 Å². The first-order chi connectivity index (χ1) is 8.08. The number of rotatable bonds is 4. The number of hydrogen-bond acceptors (Lipinski definition) is 2. The molecule has 0 aromatic heterocycles. The van der Waals surface area contributed by atoms with Gasteiger partial charge in [0.05, 0.1) is 0 Å². The molecule has 0 amide bonds. The largest absolute Gasteiger partial charge is 0.310 e. The lowest BCUT2D eigenvalue weighted by atomic mass is 10.1. The minimum atomic E-state index is 0.452. The molecule has 0 unspecified atom stereocenters. The third-order valence-electron chi connectivity index (χ3n) is 3.29. The molecule has 94 valence electrons. The van der Waals surface area contributed by atoms with Crippen LogP contribution in [0.5, 0.6) is 0 Å². The van der Waals surface area contributed by atoms with E-state index >= 15 is 0 Å². The number of fused-ring (bicyclic) bond motifs is 1. The van der Waals surface area contributed by atoms with Crippen LogP contribution in [-0.2, 0) is 6.42 Å². The van der Waals surface area contributed by atoms with Gasteiger partial charge in [0, 0.05) is 24.2 Å². The second-order valence-electron chi connectivity index (χ2n) is 5.63. The lowest BCUT2D eigenvalue weighted by Gasteiger charge is -2.26. The van der Waals surface area contributed by atoms with Gasteiger partial charge >= 0.3 is 0 Å². The smallest absolute Gasteiger partial charge is 0.0483 e. The zero-order chi connectivity index (χ0) is 12.4. The Morgan fingerprint density at radius 1 is 1.00 bits per heavy atom. The van der Waals surface area contributed by atoms with E-state index < -0.39 is 0 Å². The van der Waals surface area contributed by atoms with Crippen LogP contribution >= 0.6 is 0 Å². The van der Waals surface area contributed by atoms with E-state index in [4.69, 9.17) is 0 Å². The highest BCUT2D eigenvalue weighted by Gasteiger charge is 2.32. The number of benzene rings is 1. The highest BCUT2D eigenvalue weighted by Crippen LogP contribution is 2.31. The van der Waals surface area contributed by atoms with Gasteiger partial charge in [-0.05, 0) is 17.5 Å². The van der Waals surface area contributed by atoms with Crippen molar-refractivity contribution in [2.24, 2.45) is 0 Å². The molecule has 2 heteroatoms. The van der Waals surface area contributed by atoms with Crippen LogP contribution in [0, 0.1) is 0 Å². The topological polar surface area (TPSA) is 24.1 Å². The first-order valence-electron chi connectivity index (χ1n) is 6.68. The molecule has 2 atom stereocenters. The van der Waals surface area contributed by atoms with Crippen molar-refractivity contribution in [3.05, 3.63) is 35.4 Å². The van der Waals surface area contributed by atoms with Gasteiger partial charge in [-0.1, -0.05) is 52.0 Å². The Labute approximate surface area is 105 Å². The monoisotopic (exact) mass is 232 g/mol. The van der Waals surface area contributed by atoms with E-state index in [1.807, 2.05) is 0 Å². The summed E-state index contributed by atoms with van der Waals surface area (Å²) in [6.07, 6.45) is 1.14. The second kappa shape index (κ2) is 5.19. The number of hydrogen-bond donors (Lipinski definition) is 2. The van der Waals surface area contributed by atoms with Crippen molar-refractivity contribution in [3.63, 3.8) is 0 Å². The summed E-state index contributed by atoms with van der Waals surface area (Å²) in [5.74, 6) is 0. The summed E-state index contributed by atoms with van der Waals surface area (Å²) in [6, 6.07) is 10.8. The summed E-state index contributed by atoms with van der Waals surface area (Å²) in [4.78, 5) is 0. The molecule has 17 heavy (non-hydrogen) atoms. The van der Waals surface area contributed by atoms with Crippen LogP contribution in [0.4, 0.5) is 0 Å². The normalized spacial score (nSPS) is 23.4. The van der Waals surface area contributed by atoms with Gasteiger partial charge in [-0.25, -0.2) is 0 Å². The van der Waals surface area contributed by atoms with Crippen molar-refractivity contribution in [2.45, 2.75) is 58.3 Å². The molecule has 2 rings (SSSR count). The van der Waals surface area contributed by atoms with Crippen molar-refractivity contribution in [2.75, 3.05) is 0 Å². The summed E-state index contributed by atoms with van der Waals surface area (Å²) in [6.45, 7) is 8.87. The highest BCUT2D eigenvalue weighted by atomic mass is 15.1.